The van der Waals surface area contributed by atoms with E-state index in [1.165, 1.54) is 104 Å². The van der Waals surface area contributed by atoms with Gasteiger partial charge in [-0.15, -0.1) is 0 Å². The zero-order valence-corrected chi connectivity index (χ0v) is 29.0. The van der Waals surface area contributed by atoms with E-state index in [9.17, 15) is 0 Å². The average molecular weight is 672 g/mol. The van der Waals surface area contributed by atoms with E-state index < -0.39 is 0 Å². The van der Waals surface area contributed by atoms with Crippen molar-refractivity contribution in [3.8, 4) is 50.2 Å². The molecule has 0 unspecified atom stereocenters. The first-order chi connectivity index (χ1) is 26.2. The third-order valence-corrected chi connectivity index (χ3v) is 11.0. The van der Waals surface area contributed by atoms with Crippen molar-refractivity contribution in [3.63, 3.8) is 0 Å². The highest BCUT2D eigenvalue weighted by atomic mass is 15.0. The zero-order chi connectivity index (χ0) is 34.9. The van der Waals surface area contributed by atoms with Gasteiger partial charge in [-0.3, -0.25) is 0 Å². The Morgan fingerprint density at radius 2 is 0.547 bits per heavy atom. The van der Waals surface area contributed by atoms with Crippen LogP contribution in [0.5, 0.6) is 0 Å². The predicted molar refractivity (Wildman–Crippen MR) is 226 cm³/mol. The summed E-state index contributed by atoms with van der Waals surface area (Å²) in [6.07, 6.45) is 0. The Morgan fingerprint density at radius 1 is 0.226 bits per heavy atom. The highest BCUT2D eigenvalue weighted by Crippen LogP contribution is 2.43. The second-order valence-electron chi connectivity index (χ2n) is 14.2. The lowest BCUT2D eigenvalue weighted by Gasteiger charge is -2.11. The molecule has 10 aromatic carbocycles. The van der Waals surface area contributed by atoms with Crippen LogP contribution in [0.2, 0.25) is 0 Å². The van der Waals surface area contributed by atoms with Crippen LogP contribution in [0.15, 0.2) is 200 Å². The van der Waals surface area contributed by atoms with Crippen LogP contribution in [-0.4, -0.2) is 4.57 Å². The van der Waals surface area contributed by atoms with E-state index in [2.05, 4.69) is 205 Å². The quantitative estimate of drug-likeness (QED) is 0.161. The number of para-hydroxylation sites is 1. The van der Waals surface area contributed by atoms with Crippen LogP contribution >= 0.6 is 0 Å². The Labute approximate surface area is 308 Å². The van der Waals surface area contributed by atoms with E-state index in [0.29, 0.717) is 0 Å². The minimum Gasteiger partial charge on any atom is -0.309 e. The Balaban J connectivity index is 1.07. The molecule has 246 valence electrons. The molecule has 1 nitrogen and oxygen atoms in total. The van der Waals surface area contributed by atoms with Crippen molar-refractivity contribution >= 4 is 54.1 Å². The molecule has 1 heteroatoms. The molecule has 0 N–H and O–H groups in total. The molecule has 11 aromatic rings. The largest absolute Gasteiger partial charge is 0.309 e. The van der Waals surface area contributed by atoms with Gasteiger partial charge in [0.1, 0.15) is 0 Å². The SMILES string of the molecule is c1ccc(-c2ccc3cc(-c4cc5ccc6cc(-c7ccc8cc(-c9ccccc9)ccc8c7)cc7c6c5c(c4)n7-c4ccccc4)ccc3c2)cc1. The van der Waals surface area contributed by atoms with Gasteiger partial charge in [-0.2, -0.15) is 0 Å². The molecule has 0 saturated heterocycles. The molecule has 53 heavy (non-hydrogen) atoms. The molecule has 0 atom stereocenters. The second-order valence-corrected chi connectivity index (χ2v) is 14.2. The van der Waals surface area contributed by atoms with Gasteiger partial charge in [-0.05, 0) is 137 Å². The van der Waals surface area contributed by atoms with Crippen LogP contribution in [0.3, 0.4) is 0 Å². The van der Waals surface area contributed by atoms with Gasteiger partial charge < -0.3 is 4.57 Å². The van der Waals surface area contributed by atoms with Crippen LogP contribution < -0.4 is 0 Å². The molecule has 11 rings (SSSR count). The van der Waals surface area contributed by atoms with E-state index in [0.717, 1.165) is 0 Å². The summed E-state index contributed by atoms with van der Waals surface area (Å²) in [6.45, 7) is 0. The predicted octanol–water partition coefficient (Wildman–Crippen LogP) is 14.3. The van der Waals surface area contributed by atoms with E-state index in [1.807, 2.05) is 0 Å². The summed E-state index contributed by atoms with van der Waals surface area (Å²) in [5.41, 5.74) is 13.5. The normalized spacial score (nSPS) is 11.8. The molecule has 0 bridgehead atoms. The Bertz CT molecular complexity index is 2940. The summed E-state index contributed by atoms with van der Waals surface area (Å²) in [5, 5.41) is 10.1. The molecule has 0 aliphatic heterocycles. The number of rotatable bonds is 5. The summed E-state index contributed by atoms with van der Waals surface area (Å²) in [7, 11) is 0. The van der Waals surface area contributed by atoms with Crippen LogP contribution in [0.4, 0.5) is 0 Å². The first-order valence-electron chi connectivity index (χ1n) is 18.3. The van der Waals surface area contributed by atoms with Crippen molar-refractivity contribution < 1.29 is 0 Å². The minimum absolute atomic E-state index is 1.17. The molecule has 0 saturated carbocycles. The molecular formula is C52H33N. The van der Waals surface area contributed by atoms with Crippen molar-refractivity contribution in [3.05, 3.63) is 200 Å². The third-order valence-electron chi connectivity index (χ3n) is 11.0. The molecule has 0 fully saturated rings. The maximum absolute atomic E-state index is 2.47. The summed E-state index contributed by atoms with van der Waals surface area (Å²) < 4.78 is 2.47. The lowest BCUT2D eigenvalue weighted by molar-refractivity contribution is 1.18. The Hall–Kier alpha value is -6.96. The highest BCUT2D eigenvalue weighted by molar-refractivity contribution is 6.26. The Kier molecular flexibility index (Phi) is 6.62. The van der Waals surface area contributed by atoms with E-state index in [-0.39, 0.29) is 0 Å². The van der Waals surface area contributed by atoms with Crippen molar-refractivity contribution in [2.75, 3.05) is 0 Å². The fourth-order valence-electron chi connectivity index (χ4n) is 8.43. The molecule has 0 aliphatic rings. The minimum atomic E-state index is 1.17. The van der Waals surface area contributed by atoms with Gasteiger partial charge in [0.2, 0.25) is 0 Å². The van der Waals surface area contributed by atoms with Crippen LogP contribution in [0, 0.1) is 0 Å². The van der Waals surface area contributed by atoms with Gasteiger partial charge in [0.05, 0.1) is 11.0 Å². The maximum atomic E-state index is 2.47. The van der Waals surface area contributed by atoms with Crippen molar-refractivity contribution in [1.82, 2.24) is 4.57 Å². The molecule has 1 heterocycles. The van der Waals surface area contributed by atoms with Crippen molar-refractivity contribution in [2.24, 2.45) is 0 Å². The molecule has 0 spiro atoms. The number of fused-ring (bicyclic) bond motifs is 2. The summed E-state index contributed by atoms with van der Waals surface area (Å²) in [4.78, 5) is 0. The van der Waals surface area contributed by atoms with Gasteiger partial charge in [0.25, 0.3) is 0 Å². The molecule has 0 amide bonds. The van der Waals surface area contributed by atoms with E-state index in [4.69, 9.17) is 0 Å². The summed E-state index contributed by atoms with van der Waals surface area (Å²) >= 11 is 0. The van der Waals surface area contributed by atoms with Crippen LogP contribution in [0.25, 0.3) is 104 Å². The van der Waals surface area contributed by atoms with Gasteiger partial charge in [-0.25, -0.2) is 0 Å². The smallest absolute Gasteiger partial charge is 0.0553 e. The van der Waals surface area contributed by atoms with Gasteiger partial charge in [-0.1, -0.05) is 140 Å². The first-order valence-corrected chi connectivity index (χ1v) is 18.3. The standard InChI is InChI=1S/C52H33N/c1-4-10-34(11-5-1)36-16-18-40-28-42(22-20-38(40)26-36)46-30-44-24-25-45-31-47(33-50-52(45)51(44)49(32-46)53(50)48-14-8-3-9-15-48)43-23-21-39-27-37(17-19-41(39)29-43)35-12-6-2-7-13-35/h1-33H. The van der Waals surface area contributed by atoms with Crippen molar-refractivity contribution in [2.45, 2.75) is 0 Å². The summed E-state index contributed by atoms with van der Waals surface area (Å²) in [6, 6.07) is 73.6. The second kappa shape index (κ2) is 11.8. The van der Waals surface area contributed by atoms with E-state index in [1.54, 1.807) is 0 Å². The molecule has 1 aromatic heterocycles. The number of benzene rings is 10. The molecular weight excluding hydrogens is 639 g/mol. The van der Waals surface area contributed by atoms with Crippen molar-refractivity contribution in [1.29, 1.82) is 0 Å². The van der Waals surface area contributed by atoms with E-state index >= 15 is 0 Å². The average Bonchev–Trinajstić information content (AvgIpc) is 3.57. The number of nitrogens with zero attached hydrogens (tertiary/aromatic N) is 1. The number of hydrogen-bond donors (Lipinski definition) is 0. The zero-order valence-electron chi connectivity index (χ0n) is 29.0. The first kappa shape index (κ1) is 29.7. The lowest BCUT2D eigenvalue weighted by Crippen LogP contribution is -1.94. The summed E-state index contributed by atoms with van der Waals surface area (Å²) in [5.74, 6) is 0. The fraction of sp³-hybridized carbons (Fsp3) is 0. The van der Waals surface area contributed by atoms with Gasteiger partial charge in [0, 0.05) is 16.5 Å². The van der Waals surface area contributed by atoms with Gasteiger partial charge >= 0.3 is 0 Å². The highest BCUT2D eigenvalue weighted by Gasteiger charge is 2.20. The lowest BCUT2D eigenvalue weighted by atomic mass is 9.93. The molecule has 0 radical (unpaired) electrons. The van der Waals surface area contributed by atoms with Gasteiger partial charge in [0.15, 0.2) is 0 Å². The third kappa shape index (κ3) is 4.93. The monoisotopic (exact) mass is 671 g/mol. The fourth-order valence-corrected chi connectivity index (χ4v) is 8.43. The maximum Gasteiger partial charge on any atom is 0.0553 e. The topological polar surface area (TPSA) is 4.93 Å². The molecule has 0 aliphatic carbocycles. The number of aromatic nitrogens is 1. The van der Waals surface area contributed by atoms with Crippen LogP contribution in [-0.2, 0) is 0 Å². The Morgan fingerprint density at radius 3 is 0.943 bits per heavy atom. The van der Waals surface area contributed by atoms with Crippen LogP contribution in [0.1, 0.15) is 0 Å². The number of hydrogen-bond acceptors (Lipinski definition) is 0.